The fourth-order valence-corrected chi connectivity index (χ4v) is 2.91. The third-order valence-electron chi connectivity index (χ3n) is 4.19. The van der Waals surface area contributed by atoms with Crippen molar-refractivity contribution in [3.05, 3.63) is 29.8 Å². The molecule has 0 spiro atoms. The molecule has 0 atom stereocenters. The average Bonchev–Trinajstić information content (AvgIpc) is 2.33. The highest BCUT2D eigenvalue weighted by atomic mass is 16.5. The number of rotatable bonds is 5. The van der Waals surface area contributed by atoms with Crippen molar-refractivity contribution in [3.8, 4) is 0 Å². The third kappa shape index (κ3) is 2.25. The van der Waals surface area contributed by atoms with Crippen molar-refractivity contribution in [2.75, 3.05) is 25.1 Å². The molecule has 1 aromatic carbocycles. The largest absolute Gasteiger partial charge is 0.378 e. The maximum absolute atomic E-state index is 6.02. The van der Waals surface area contributed by atoms with Crippen LogP contribution in [0, 0.1) is 6.92 Å². The second-order valence-corrected chi connectivity index (χ2v) is 5.26. The minimum Gasteiger partial charge on any atom is -0.378 e. The average molecular weight is 248 g/mol. The Hall–Kier alpha value is -1.06. The van der Waals surface area contributed by atoms with Gasteiger partial charge in [0.25, 0.3) is 0 Å². The van der Waals surface area contributed by atoms with Gasteiger partial charge >= 0.3 is 0 Å². The minimum absolute atomic E-state index is 0.0753. The van der Waals surface area contributed by atoms with Crippen LogP contribution in [0.15, 0.2) is 24.3 Å². The zero-order chi connectivity index (χ0) is 13.2. The lowest BCUT2D eigenvalue weighted by Crippen LogP contribution is -2.63. The van der Waals surface area contributed by atoms with E-state index in [9.17, 15) is 0 Å². The van der Waals surface area contributed by atoms with Crippen molar-refractivity contribution < 1.29 is 4.74 Å². The SMILES string of the molecule is CCOC1CC(CN)(N(C)c2ccccc2C)C1. The van der Waals surface area contributed by atoms with Crippen LogP contribution < -0.4 is 10.6 Å². The van der Waals surface area contributed by atoms with Crippen molar-refractivity contribution in [2.24, 2.45) is 5.73 Å². The molecule has 1 aromatic rings. The first kappa shape index (κ1) is 13.4. The lowest BCUT2D eigenvalue weighted by molar-refractivity contribution is -0.0355. The van der Waals surface area contributed by atoms with Crippen molar-refractivity contribution in [1.82, 2.24) is 0 Å². The summed E-state index contributed by atoms with van der Waals surface area (Å²) in [7, 11) is 2.15. The van der Waals surface area contributed by atoms with Gasteiger partial charge in [0.1, 0.15) is 0 Å². The van der Waals surface area contributed by atoms with Crippen molar-refractivity contribution in [2.45, 2.75) is 38.3 Å². The Morgan fingerprint density at radius 3 is 2.61 bits per heavy atom. The Morgan fingerprint density at radius 2 is 2.06 bits per heavy atom. The topological polar surface area (TPSA) is 38.5 Å². The van der Waals surface area contributed by atoms with Gasteiger partial charge in [-0.3, -0.25) is 0 Å². The molecule has 0 radical (unpaired) electrons. The Kier molecular flexibility index (Phi) is 3.93. The summed E-state index contributed by atoms with van der Waals surface area (Å²) in [6.45, 7) is 5.67. The van der Waals surface area contributed by atoms with Gasteiger partial charge in [-0.15, -0.1) is 0 Å². The number of likely N-dealkylation sites (N-methyl/N-ethyl adjacent to an activating group) is 1. The number of anilines is 1. The maximum atomic E-state index is 6.02. The van der Waals surface area contributed by atoms with E-state index in [1.165, 1.54) is 11.3 Å². The van der Waals surface area contributed by atoms with E-state index in [4.69, 9.17) is 10.5 Å². The Labute approximate surface area is 110 Å². The summed E-state index contributed by atoms with van der Waals surface area (Å²) in [5.41, 5.74) is 8.67. The summed E-state index contributed by atoms with van der Waals surface area (Å²) in [5.74, 6) is 0. The highest BCUT2D eigenvalue weighted by Gasteiger charge is 2.47. The lowest BCUT2D eigenvalue weighted by atomic mass is 9.72. The fourth-order valence-electron chi connectivity index (χ4n) is 2.91. The monoisotopic (exact) mass is 248 g/mol. The van der Waals surface area contributed by atoms with E-state index in [0.29, 0.717) is 12.6 Å². The molecule has 1 aliphatic rings. The minimum atomic E-state index is 0.0753. The summed E-state index contributed by atoms with van der Waals surface area (Å²) >= 11 is 0. The van der Waals surface area contributed by atoms with E-state index in [-0.39, 0.29) is 5.54 Å². The number of para-hydroxylation sites is 1. The van der Waals surface area contributed by atoms with Gasteiger partial charge in [0.05, 0.1) is 11.6 Å². The van der Waals surface area contributed by atoms with Gasteiger partial charge in [-0.2, -0.15) is 0 Å². The van der Waals surface area contributed by atoms with Crippen molar-refractivity contribution >= 4 is 5.69 Å². The van der Waals surface area contributed by atoms with Gasteiger partial charge in [-0.05, 0) is 38.3 Å². The molecular formula is C15H24N2O. The zero-order valence-electron chi connectivity index (χ0n) is 11.6. The van der Waals surface area contributed by atoms with Gasteiger partial charge in [0, 0.05) is 25.9 Å². The fraction of sp³-hybridized carbons (Fsp3) is 0.600. The molecule has 18 heavy (non-hydrogen) atoms. The number of nitrogens with zero attached hydrogens (tertiary/aromatic N) is 1. The lowest BCUT2D eigenvalue weighted by Gasteiger charge is -2.53. The molecular weight excluding hydrogens is 224 g/mol. The summed E-state index contributed by atoms with van der Waals surface area (Å²) in [6.07, 6.45) is 2.44. The molecule has 3 heteroatoms. The molecule has 0 bridgehead atoms. The second-order valence-electron chi connectivity index (χ2n) is 5.26. The molecule has 100 valence electrons. The number of hydrogen-bond donors (Lipinski definition) is 1. The molecule has 1 aliphatic carbocycles. The summed E-state index contributed by atoms with van der Waals surface area (Å²) in [5, 5.41) is 0. The number of hydrogen-bond acceptors (Lipinski definition) is 3. The van der Waals surface area contributed by atoms with E-state index >= 15 is 0 Å². The smallest absolute Gasteiger partial charge is 0.0620 e. The Bertz CT molecular complexity index is 399. The first-order valence-electron chi connectivity index (χ1n) is 6.74. The van der Waals surface area contributed by atoms with E-state index in [1.54, 1.807) is 0 Å². The van der Waals surface area contributed by atoms with Gasteiger partial charge in [-0.25, -0.2) is 0 Å². The van der Waals surface area contributed by atoms with Crippen LogP contribution in [-0.2, 0) is 4.74 Å². The van der Waals surface area contributed by atoms with Crippen molar-refractivity contribution in [3.63, 3.8) is 0 Å². The molecule has 0 heterocycles. The van der Waals surface area contributed by atoms with Crippen LogP contribution in [0.2, 0.25) is 0 Å². The standard InChI is InChI=1S/C15H24N2O/c1-4-18-13-9-15(10-13,11-16)17(3)14-8-6-5-7-12(14)2/h5-8,13H,4,9-11,16H2,1-3H3. The summed E-state index contributed by atoms with van der Waals surface area (Å²) < 4.78 is 5.67. The number of benzene rings is 1. The quantitative estimate of drug-likeness (QED) is 0.869. The molecule has 1 fully saturated rings. The molecule has 0 amide bonds. The Morgan fingerprint density at radius 1 is 1.39 bits per heavy atom. The molecule has 2 N–H and O–H groups in total. The molecule has 0 unspecified atom stereocenters. The predicted molar refractivity (Wildman–Crippen MR) is 76.0 cm³/mol. The summed E-state index contributed by atoms with van der Waals surface area (Å²) in [6, 6.07) is 8.47. The van der Waals surface area contributed by atoms with Crippen LogP contribution in [0.5, 0.6) is 0 Å². The van der Waals surface area contributed by atoms with E-state index in [1.807, 2.05) is 6.92 Å². The molecule has 2 rings (SSSR count). The normalized spacial score (nSPS) is 26.8. The predicted octanol–water partition coefficient (Wildman–Crippen LogP) is 2.33. The third-order valence-corrected chi connectivity index (χ3v) is 4.19. The van der Waals surface area contributed by atoms with Crippen LogP contribution in [0.4, 0.5) is 5.69 Å². The highest BCUT2D eigenvalue weighted by Crippen LogP contribution is 2.41. The van der Waals surface area contributed by atoms with Gasteiger partial charge in [0.15, 0.2) is 0 Å². The van der Waals surface area contributed by atoms with Gasteiger partial charge in [0.2, 0.25) is 0 Å². The van der Waals surface area contributed by atoms with Crippen LogP contribution in [-0.4, -0.2) is 31.8 Å². The second kappa shape index (κ2) is 5.29. The first-order valence-corrected chi connectivity index (χ1v) is 6.74. The summed E-state index contributed by atoms with van der Waals surface area (Å²) in [4.78, 5) is 2.35. The van der Waals surface area contributed by atoms with Gasteiger partial charge < -0.3 is 15.4 Å². The van der Waals surface area contributed by atoms with E-state index in [2.05, 4.69) is 43.1 Å². The molecule has 0 saturated heterocycles. The number of aryl methyl sites for hydroxylation is 1. The van der Waals surface area contributed by atoms with Crippen LogP contribution >= 0.6 is 0 Å². The Balaban J connectivity index is 2.13. The maximum Gasteiger partial charge on any atom is 0.0620 e. The molecule has 1 saturated carbocycles. The van der Waals surface area contributed by atoms with Crippen LogP contribution in [0.25, 0.3) is 0 Å². The van der Waals surface area contributed by atoms with E-state index in [0.717, 1.165) is 19.4 Å². The molecule has 0 aromatic heterocycles. The number of nitrogens with two attached hydrogens (primary N) is 1. The van der Waals surface area contributed by atoms with Crippen LogP contribution in [0.1, 0.15) is 25.3 Å². The van der Waals surface area contributed by atoms with E-state index < -0.39 is 0 Å². The molecule has 0 aliphatic heterocycles. The number of ether oxygens (including phenoxy) is 1. The first-order chi connectivity index (χ1) is 8.63. The van der Waals surface area contributed by atoms with Crippen LogP contribution in [0.3, 0.4) is 0 Å². The zero-order valence-corrected chi connectivity index (χ0v) is 11.6. The molecule has 3 nitrogen and oxygen atoms in total. The highest BCUT2D eigenvalue weighted by molar-refractivity contribution is 5.55. The van der Waals surface area contributed by atoms with Gasteiger partial charge in [-0.1, -0.05) is 18.2 Å². The van der Waals surface area contributed by atoms with Crippen molar-refractivity contribution in [1.29, 1.82) is 0 Å².